The Morgan fingerprint density at radius 2 is 1.58 bits per heavy atom. The van der Waals surface area contributed by atoms with Crippen molar-refractivity contribution in [2.24, 2.45) is 0 Å². The molecule has 2 aliphatic heterocycles. The zero-order chi connectivity index (χ0) is 21.8. The molecule has 0 spiro atoms. The zero-order valence-corrected chi connectivity index (χ0v) is 17.1. The number of hydrogen-bond donors (Lipinski definition) is 0. The molecule has 31 heavy (non-hydrogen) atoms. The van der Waals surface area contributed by atoms with Crippen molar-refractivity contribution in [1.82, 2.24) is 9.80 Å². The topological polar surface area (TPSA) is 40.6 Å². The first kappa shape index (κ1) is 19.7. The van der Waals surface area contributed by atoms with Gasteiger partial charge in [0.15, 0.2) is 0 Å². The highest BCUT2D eigenvalue weighted by molar-refractivity contribution is 6.30. The molecule has 0 aromatic heterocycles. The third-order valence-corrected chi connectivity index (χ3v) is 6.31. The van der Waals surface area contributed by atoms with Crippen LogP contribution in [0.1, 0.15) is 31.8 Å². The molecule has 0 N–H and O–H groups in total. The minimum atomic E-state index is -1.13. The van der Waals surface area contributed by atoms with Crippen LogP contribution in [0, 0.1) is 11.6 Å². The van der Waals surface area contributed by atoms with E-state index in [1.807, 2.05) is 0 Å². The molecule has 3 aromatic carbocycles. The summed E-state index contributed by atoms with van der Waals surface area (Å²) in [5.41, 5.74) is 0.854. The van der Waals surface area contributed by atoms with Gasteiger partial charge in [-0.1, -0.05) is 23.7 Å². The van der Waals surface area contributed by atoms with Crippen molar-refractivity contribution >= 4 is 23.4 Å². The van der Waals surface area contributed by atoms with Crippen molar-refractivity contribution in [2.45, 2.75) is 12.1 Å². The Labute approximate surface area is 182 Å². The molecular formula is C24H17ClF2N2O2. The molecule has 1 atom stereocenters. The van der Waals surface area contributed by atoms with Gasteiger partial charge in [0.25, 0.3) is 11.8 Å². The lowest BCUT2D eigenvalue weighted by atomic mass is 9.83. The largest absolute Gasteiger partial charge is 0.309 e. The number of fused-ring (bicyclic) bond motifs is 2. The fraction of sp³-hybridized carbons (Fsp3) is 0.167. The third kappa shape index (κ3) is 3.01. The Kier molecular flexibility index (Phi) is 4.55. The Balaban J connectivity index is 1.69. The van der Waals surface area contributed by atoms with Gasteiger partial charge >= 0.3 is 0 Å². The number of carbonyl (C=O) groups is 2. The van der Waals surface area contributed by atoms with Gasteiger partial charge in [0.05, 0.1) is 0 Å². The molecule has 5 rings (SSSR count). The molecular weight excluding hydrogens is 422 g/mol. The number of halogens is 3. The first-order chi connectivity index (χ1) is 14.9. The van der Waals surface area contributed by atoms with Crippen LogP contribution in [0.2, 0.25) is 5.02 Å². The zero-order valence-electron chi connectivity index (χ0n) is 16.3. The summed E-state index contributed by atoms with van der Waals surface area (Å²) in [6.45, 7) is 0.617. The molecule has 0 saturated carbocycles. The van der Waals surface area contributed by atoms with E-state index in [0.29, 0.717) is 40.4 Å². The van der Waals surface area contributed by atoms with E-state index in [4.69, 9.17) is 11.6 Å². The number of benzene rings is 3. The molecule has 156 valence electrons. The van der Waals surface area contributed by atoms with E-state index in [0.717, 1.165) is 0 Å². The second-order valence-corrected chi connectivity index (χ2v) is 8.16. The molecule has 1 fully saturated rings. The Bertz CT molecular complexity index is 1200. The third-order valence-electron chi connectivity index (χ3n) is 6.06. The van der Waals surface area contributed by atoms with Gasteiger partial charge in [-0.2, -0.15) is 0 Å². The SMILES string of the molecule is O=C(c1ccc(F)cc1)N1CCN2C(=O)c3ccc(F)cc3CC12c1ccc(Cl)cc1. The second kappa shape index (κ2) is 7.17. The first-order valence-electron chi connectivity index (χ1n) is 9.84. The van der Waals surface area contributed by atoms with Gasteiger partial charge in [0.2, 0.25) is 0 Å². The normalized spacial score (nSPS) is 19.9. The highest BCUT2D eigenvalue weighted by atomic mass is 35.5. The predicted octanol–water partition coefficient (Wildman–Crippen LogP) is 4.63. The van der Waals surface area contributed by atoms with Crippen molar-refractivity contribution in [3.63, 3.8) is 0 Å². The summed E-state index contributed by atoms with van der Waals surface area (Å²) in [4.78, 5) is 30.2. The summed E-state index contributed by atoms with van der Waals surface area (Å²) < 4.78 is 27.4. The summed E-state index contributed by atoms with van der Waals surface area (Å²) in [6.07, 6.45) is 0.237. The Morgan fingerprint density at radius 3 is 2.29 bits per heavy atom. The molecule has 1 saturated heterocycles. The molecule has 0 bridgehead atoms. The van der Waals surface area contributed by atoms with E-state index in [1.165, 1.54) is 42.5 Å². The predicted molar refractivity (Wildman–Crippen MR) is 112 cm³/mol. The summed E-state index contributed by atoms with van der Waals surface area (Å²) in [5, 5.41) is 0.523. The smallest absolute Gasteiger partial charge is 0.256 e. The van der Waals surface area contributed by atoms with Gasteiger partial charge in [0.1, 0.15) is 17.3 Å². The lowest BCUT2D eigenvalue weighted by molar-refractivity contribution is 0.00769. The van der Waals surface area contributed by atoms with Gasteiger partial charge in [-0.25, -0.2) is 8.78 Å². The summed E-state index contributed by atoms with van der Waals surface area (Å²) in [6, 6.07) is 16.4. The van der Waals surface area contributed by atoms with Crippen molar-refractivity contribution in [3.8, 4) is 0 Å². The quantitative estimate of drug-likeness (QED) is 0.585. The maximum Gasteiger partial charge on any atom is 0.256 e. The van der Waals surface area contributed by atoms with Gasteiger partial charge in [-0.15, -0.1) is 0 Å². The van der Waals surface area contributed by atoms with Gasteiger partial charge < -0.3 is 9.80 Å². The van der Waals surface area contributed by atoms with E-state index in [9.17, 15) is 18.4 Å². The fourth-order valence-corrected chi connectivity index (χ4v) is 4.78. The van der Waals surface area contributed by atoms with Gasteiger partial charge in [0, 0.05) is 35.7 Å². The van der Waals surface area contributed by atoms with Crippen molar-refractivity contribution in [3.05, 3.63) is 106 Å². The van der Waals surface area contributed by atoms with Crippen molar-refractivity contribution in [1.29, 1.82) is 0 Å². The van der Waals surface area contributed by atoms with Crippen molar-refractivity contribution < 1.29 is 18.4 Å². The number of carbonyl (C=O) groups excluding carboxylic acids is 2. The Morgan fingerprint density at radius 1 is 0.903 bits per heavy atom. The van der Waals surface area contributed by atoms with Crippen LogP contribution in [0.3, 0.4) is 0 Å². The highest BCUT2D eigenvalue weighted by Gasteiger charge is 2.55. The molecule has 0 aliphatic carbocycles. The average Bonchev–Trinajstić information content (AvgIpc) is 3.14. The maximum absolute atomic E-state index is 14.0. The molecule has 2 heterocycles. The van der Waals surface area contributed by atoms with E-state index < -0.39 is 17.3 Å². The minimum absolute atomic E-state index is 0.237. The minimum Gasteiger partial charge on any atom is -0.309 e. The van der Waals surface area contributed by atoms with Crippen LogP contribution in [0.5, 0.6) is 0 Å². The molecule has 2 aliphatic rings. The molecule has 2 amide bonds. The molecule has 4 nitrogen and oxygen atoms in total. The van der Waals surface area contributed by atoms with Gasteiger partial charge in [-0.05, 0) is 65.7 Å². The second-order valence-electron chi connectivity index (χ2n) is 7.72. The molecule has 7 heteroatoms. The van der Waals surface area contributed by atoms with Crippen LogP contribution in [-0.2, 0) is 12.1 Å². The Hall–Kier alpha value is -3.25. The van der Waals surface area contributed by atoms with E-state index >= 15 is 0 Å². The fourth-order valence-electron chi connectivity index (χ4n) is 4.65. The average molecular weight is 439 g/mol. The lowest BCUT2D eigenvalue weighted by Crippen LogP contribution is -2.58. The first-order valence-corrected chi connectivity index (χ1v) is 10.2. The molecule has 0 radical (unpaired) electrons. The maximum atomic E-state index is 14.0. The van der Waals surface area contributed by atoms with E-state index in [2.05, 4.69) is 0 Å². The standard InChI is InChI=1S/C24H17ClF2N2O2/c25-18-5-3-17(4-6-18)24-14-16-13-20(27)9-10-21(16)23(31)29(24)12-11-28(24)22(30)15-1-7-19(26)8-2-15/h1-10,13H,11-12,14H2. The van der Waals surface area contributed by atoms with E-state index in [1.54, 1.807) is 34.1 Å². The van der Waals surface area contributed by atoms with E-state index in [-0.39, 0.29) is 18.2 Å². The number of rotatable bonds is 2. The van der Waals surface area contributed by atoms with Crippen LogP contribution in [0.15, 0.2) is 66.7 Å². The van der Waals surface area contributed by atoms with Crippen LogP contribution in [0.25, 0.3) is 0 Å². The molecule has 1 unspecified atom stereocenters. The van der Waals surface area contributed by atoms with Crippen LogP contribution < -0.4 is 0 Å². The number of amides is 2. The summed E-state index contributed by atoms with van der Waals surface area (Å²) in [7, 11) is 0. The van der Waals surface area contributed by atoms with Gasteiger partial charge in [-0.3, -0.25) is 9.59 Å². The van der Waals surface area contributed by atoms with Crippen molar-refractivity contribution in [2.75, 3.05) is 13.1 Å². The van der Waals surface area contributed by atoms with Crippen LogP contribution in [-0.4, -0.2) is 34.7 Å². The van der Waals surface area contributed by atoms with Crippen LogP contribution >= 0.6 is 11.6 Å². The highest BCUT2D eigenvalue weighted by Crippen LogP contribution is 2.45. The summed E-state index contributed by atoms with van der Waals surface area (Å²) in [5.74, 6) is -1.47. The number of hydrogen-bond acceptors (Lipinski definition) is 2. The van der Waals surface area contributed by atoms with Crippen LogP contribution in [0.4, 0.5) is 8.78 Å². The number of nitrogens with zero attached hydrogens (tertiary/aromatic N) is 2. The summed E-state index contributed by atoms with van der Waals surface area (Å²) >= 11 is 6.09. The lowest BCUT2D eigenvalue weighted by Gasteiger charge is -2.47. The molecule has 3 aromatic rings. The monoisotopic (exact) mass is 438 g/mol.